The lowest BCUT2D eigenvalue weighted by Crippen LogP contribution is -2.37. The molecule has 1 aliphatic heterocycles. The molecule has 6 nitrogen and oxygen atoms in total. The van der Waals surface area contributed by atoms with E-state index in [1.807, 2.05) is 29.2 Å². The summed E-state index contributed by atoms with van der Waals surface area (Å²) in [5.41, 5.74) is 3.08. The fourth-order valence-electron chi connectivity index (χ4n) is 4.39. The van der Waals surface area contributed by atoms with Crippen LogP contribution in [-0.2, 0) is 11.2 Å². The van der Waals surface area contributed by atoms with Crippen molar-refractivity contribution < 1.29 is 19.0 Å². The number of hydrogen-bond acceptors (Lipinski definition) is 5. The second-order valence-corrected chi connectivity index (χ2v) is 8.15. The molecule has 0 radical (unpaired) electrons. The lowest BCUT2D eigenvalue weighted by atomic mass is 10.0. The van der Waals surface area contributed by atoms with Gasteiger partial charge in [0.05, 0.1) is 13.2 Å². The Kier molecular flexibility index (Phi) is 7.19. The zero-order chi connectivity index (χ0) is 23.2. The van der Waals surface area contributed by atoms with E-state index in [4.69, 9.17) is 4.74 Å². The first-order valence-corrected chi connectivity index (χ1v) is 11.1. The number of aliphatic hydroxyl groups is 1. The maximum Gasteiger partial charge on any atom is 0.250 e. The maximum atomic E-state index is 14.1. The number of anilines is 1. The Balaban J connectivity index is 1.69. The summed E-state index contributed by atoms with van der Waals surface area (Å²) in [6.45, 7) is 0.624. The summed E-state index contributed by atoms with van der Waals surface area (Å²) >= 11 is 0. The molecule has 2 unspecified atom stereocenters. The van der Waals surface area contributed by atoms with E-state index in [0.717, 1.165) is 24.0 Å². The Hall–Kier alpha value is -3.45. The molecule has 1 amide bonds. The summed E-state index contributed by atoms with van der Waals surface area (Å²) in [5.74, 6) is 0.0886. The van der Waals surface area contributed by atoms with Crippen LogP contribution in [0.5, 0.6) is 5.75 Å². The Morgan fingerprint density at radius 3 is 2.88 bits per heavy atom. The number of methoxy groups -OCH3 is 1. The third-order valence-electron chi connectivity index (χ3n) is 5.95. The topological polar surface area (TPSA) is 74.7 Å². The largest absolute Gasteiger partial charge is 0.497 e. The molecule has 1 saturated heterocycles. The van der Waals surface area contributed by atoms with Crippen molar-refractivity contribution in [3.8, 4) is 5.75 Å². The van der Waals surface area contributed by atoms with Crippen LogP contribution in [0.4, 0.5) is 10.1 Å². The van der Waals surface area contributed by atoms with Crippen LogP contribution in [0.25, 0.3) is 0 Å². The molecule has 2 heterocycles. The molecule has 0 saturated carbocycles. The van der Waals surface area contributed by atoms with E-state index in [9.17, 15) is 14.3 Å². The van der Waals surface area contributed by atoms with Crippen molar-refractivity contribution in [2.75, 3.05) is 25.6 Å². The van der Waals surface area contributed by atoms with Crippen molar-refractivity contribution in [2.45, 2.75) is 31.3 Å². The predicted molar refractivity (Wildman–Crippen MR) is 124 cm³/mol. The van der Waals surface area contributed by atoms with Gasteiger partial charge in [-0.25, -0.2) is 4.39 Å². The molecule has 1 aromatic heterocycles. The number of benzene rings is 2. The summed E-state index contributed by atoms with van der Waals surface area (Å²) in [7, 11) is 1.57. The monoisotopic (exact) mass is 449 g/mol. The second-order valence-electron chi connectivity index (χ2n) is 8.15. The Morgan fingerprint density at radius 2 is 2.15 bits per heavy atom. The molecule has 0 bridgehead atoms. The average Bonchev–Trinajstić information content (AvgIpc) is 3.33. The van der Waals surface area contributed by atoms with Gasteiger partial charge in [-0.2, -0.15) is 0 Å². The molecule has 3 aromatic rings. The van der Waals surface area contributed by atoms with E-state index < -0.39 is 11.9 Å². The van der Waals surface area contributed by atoms with Gasteiger partial charge < -0.3 is 20.1 Å². The van der Waals surface area contributed by atoms with E-state index in [0.29, 0.717) is 30.0 Å². The summed E-state index contributed by atoms with van der Waals surface area (Å²) < 4.78 is 19.5. The number of likely N-dealkylation sites (tertiary alicyclic amines) is 1. The quantitative estimate of drug-likeness (QED) is 0.537. The molecular formula is C26H28FN3O3. The Labute approximate surface area is 193 Å². The summed E-state index contributed by atoms with van der Waals surface area (Å²) in [4.78, 5) is 19.9. The van der Waals surface area contributed by atoms with Gasteiger partial charge in [-0.3, -0.25) is 9.78 Å². The Bertz CT molecular complexity index is 1090. The van der Waals surface area contributed by atoms with E-state index >= 15 is 0 Å². The van der Waals surface area contributed by atoms with Crippen molar-refractivity contribution in [3.05, 3.63) is 89.5 Å². The molecule has 7 heteroatoms. The lowest BCUT2D eigenvalue weighted by molar-refractivity contribution is -0.133. The highest BCUT2D eigenvalue weighted by Gasteiger charge is 2.35. The van der Waals surface area contributed by atoms with Crippen LogP contribution in [0, 0.1) is 5.82 Å². The smallest absolute Gasteiger partial charge is 0.250 e. The average molecular weight is 450 g/mol. The number of hydrogen-bond donors (Lipinski definition) is 2. The first-order valence-electron chi connectivity index (χ1n) is 11.1. The van der Waals surface area contributed by atoms with Crippen LogP contribution in [0.2, 0.25) is 0 Å². The number of pyridine rings is 1. The van der Waals surface area contributed by atoms with Gasteiger partial charge in [0.1, 0.15) is 17.6 Å². The zero-order valence-electron chi connectivity index (χ0n) is 18.6. The summed E-state index contributed by atoms with van der Waals surface area (Å²) in [6, 6.07) is 14.6. The molecule has 2 atom stereocenters. The van der Waals surface area contributed by atoms with Crippen LogP contribution in [0.1, 0.15) is 41.6 Å². The van der Waals surface area contributed by atoms with Crippen LogP contribution < -0.4 is 10.1 Å². The number of ether oxygens (including phenoxy) is 1. The molecule has 2 aromatic carbocycles. The van der Waals surface area contributed by atoms with Gasteiger partial charge in [0.15, 0.2) is 0 Å². The normalized spacial score (nSPS) is 16.5. The Morgan fingerprint density at radius 1 is 1.27 bits per heavy atom. The predicted octanol–water partition coefficient (Wildman–Crippen LogP) is 4.28. The van der Waals surface area contributed by atoms with E-state index in [1.54, 1.807) is 37.7 Å². The molecule has 0 aliphatic carbocycles. The highest BCUT2D eigenvalue weighted by atomic mass is 19.1. The number of aliphatic hydroxyl groups excluding tert-OH is 1. The van der Waals surface area contributed by atoms with E-state index in [-0.39, 0.29) is 18.6 Å². The number of rotatable bonds is 8. The summed E-state index contributed by atoms with van der Waals surface area (Å²) in [5, 5.41) is 12.7. The zero-order valence-corrected chi connectivity index (χ0v) is 18.6. The molecule has 0 spiro atoms. The number of halogens is 1. The minimum Gasteiger partial charge on any atom is -0.497 e. The maximum absolute atomic E-state index is 14.1. The standard InChI is InChI=1S/C26H28FN3O3/c1-33-23-14-18(9-12-31)13-22(16-23)29-25(19-5-2-7-21(27)15-19)26(32)30-11-4-8-24(30)20-6-3-10-28-17-20/h2-3,5-7,10,13-17,24-25,29,31H,4,8-9,11-12H2,1H3. The third kappa shape index (κ3) is 5.31. The second kappa shape index (κ2) is 10.4. The van der Waals surface area contributed by atoms with Gasteiger partial charge in [0.25, 0.3) is 0 Å². The first kappa shape index (κ1) is 22.7. The minimum absolute atomic E-state index is 0.000563. The fourth-order valence-corrected chi connectivity index (χ4v) is 4.39. The van der Waals surface area contributed by atoms with Gasteiger partial charge in [-0.1, -0.05) is 18.2 Å². The van der Waals surface area contributed by atoms with Crippen LogP contribution in [0.3, 0.4) is 0 Å². The van der Waals surface area contributed by atoms with Crippen LogP contribution >= 0.6 is 0 Å². The number of nitrogens with one attached hydrogen (secondary N) is 1. The van der Waals surface area contributed by atoms with E-state index in [2.05, 4.69) is 10.3 Å². The lowest BCUT2D eigenvalue weighted by Gasteiger charge is -2.30. The van der Waals surface area contributed by atoms with Gasteiger partial charge in [0.2, 0.25) is 5.91 Å². The van der Waals surface area contributed by atoms with Crippen molar-refractivity contribution in [3.63, 3.8) is 0 Å². The highest BCUT2D eigenvalue weighted by molar-refractivity contribution is 5.87. The first-order chi connectivity index (χ1) is 16.1. The molecule has 1 fully saturated rings. The fraction of sp³-hybridized carbons (Fsp3) is 0.308. The molecule has 4 rings (SSSR count). The highest BCUT2D eigenvalue weighted by Crippen LogP contribution is 2.35. The number of nitrogens with zero attached hydrogens (tertiary/aromatic N) is 2. The third-order valence-corrected chi connectivity index (χ3v) is 5.95. The van der Waals surface area contributed by atoms with Crippen molar-refractivity contribution in [1.82, 2.24) is 9.88 Å². The minimum atomic E-state index is -0.785. The van der Waals surface area contributed by atoms with Crippen molar-refractivity contribution >= 4 is 11.6 Å². The number of carbonyl (C=O) groups excluding carboxylic acids is 1. The molecule has 1 aliphatic rings. The van der Waals surface area contributed by atoms with Crippen molar-refractivity contribution in [1.29, 1.82) is 0 Å². The van der Waals surface area contributed by atoms with E-state index in [1.165, 1.54) is 12.1 Å². The molecule has 33 heavy (non-hydrogen) atoms. The molecule has 172 valence electrons. The molecular weight excluding hydrogens is 421 g/mol. The summed E-state index contributed by atoms with van der Waals surface area (Å²) in [6.07, 6.45) is 5.71. The number of aromatic nitrogens is 1. The van der Waals surface area contributed by atoms with Gasteiger partial charge in [0, 0.05) is 37.3 Å². The SMILES string of the molecule is COc1cc(CCO)cc(NC(C(=O)N2CCCC2c2cccnc2)c2cccc(F)c2)c1. The number of carbonyl (C=O) groups is 1. The number of amides is 1. The van der Waals surface area contributed by atoms with Gasteiger partial charge in [-0.05, 0) is 66.3 Å². The molecule has 2 N–H and O–H groups in total. The van der Waals surface area contributed by atoms with Gasteiger partial charge in [-0.15, -0.1) is 0 Å². The van der Waals surface area contributed by atoms with Gasteiger partial charge >= 0.3 is 0 Å². The van der Waals surface area contributed by atoms with Crippen LogP contribution in [-0.4, -0.2) is 41.2 Å². The van der Waals surface area contributed by atoms with Crippen LogP contribution in [0.15, 0.2) is 67.0 Å². The van der Waals surface area contributed by atoms with Crippen molar-refractivity contribution in [2.24, 2.45) is 0 Å².